The minimum Gasteiger partial charge on any atom is -0.497 e. The third kappa shape index (κ3) is 3.37. The van der Waals surface area contributed by atoms with E-state index in [9.17, 15) is 4.79 Å². The van der Waals surface area contributed by atoms with Crippen LogP contribution < -0.4 is 4.74 Å². The molecule has 8 nitrogen and oxygen atoms in total. The summed E-state index contributed by atoms with van der Waals surface area (Å²) in [5.41, 5.74) is 0.644. The van der Waals surface area contributed by atoms with Gasteiger partial charge in [0.1, 0.15) is 36.7 Å². The van der Waals surface area contributed by atoms with Crippen molar-refractivity contribution in [3.05, 3.63) is 42.5 Å². The lowest BCUT2D eigenvalue weighted by Gasteiger charge is -2.33. The van der Waals surface area contributed by atoms with Gasteiger partial charge >= 0.3 is 0 Å². The lowest BCUT2D eigenvalue weighted by atomic mass is 9.77. The molecule has 3 aliphatic rings. The second-order valence-electron chi connectivity index (χ2n) is 8.50. The third-order valence-electron chi connectivity index (χ3n) is 6.83. The van der Waals surface area contributed by atoms with Crippen LogP contribution >= 0.6 is 0 Å². The van der Waals surface area contributed by atoms with Crippen LogP contribution in [0.2, 0.25) is 0 Å². The lowest BCUT2D eigenvalue weighted by molar-refractivity contribution is -0.137. The number of likely N-dealkylation sites (tertiary alicyclic amines) is 1. The fraction of sp³-hybridized carbons (Fsp3) is 0.591. The van der Waals surface area contributed by atoms with E-state index in [0.29, 0.717) is 26.3 Å². The number of hydrogen-bond donors (Lipinski definition) is 0. The van der Waals surface area contributed by atoms with Crippen LogP contribution in [0.25, 0.3) is 0 Å². The highest BCUT2D eigenvalue weighted by atomic mass is 16.6. The fourth-order valence-corrected chi connectivity index (χ4v) is 5.12. The smallest absolute Gasteiger partial charge is 0.233 e. The first kappa shape index (κ1) is 19.5. The van der Waals surface area contributed by atoms with Gasteiger partial charge in [-0.05, 0) is 30.5 Å². The molecule has 1 aromatic carbocycles. The van der Waals surface area contributed by atoms with Crippen molar-refractivity contribution in [1.29, 1.82) is 0 Å². The Kier molecular flexibility index (Phi) is 5.20. The molecule has 0 radical (unpaired) electrons. The summed E-state index contributed by atoms with van der Waals surface area (Å²) in [6.07, 6.45) is 6.93. The molecular weight excluding hydrogens is 384 g/mol. The van der Waals surface area contributed by atoms with Gasteiger partial charge in [0.15, 0.2) is 0 Å². The van der Waals surface area contributed by atoms with Crippen LogP contribution in [0.1, 0.15) is 37.3 Å². The number of ether oxygens (including phenoxy) is 3. The van der Waals surface area contributed by atoms with E-state index in [1.165, 1.54) is 6.33 Å². The molecule has 3 heterocycles. The number of benzene rings is 1. The Bertz CT molecular complexity index is 848. The van der Waals surface area contributed by atoms with Crippen LogP contribution in [0.4, 0.5) is 0 Å². The van der Waals surface area contributed by atoms with Gasteiger partial charge in [0.2, 0.25) is 5.91 Å². The van der Waals surface area contributed by atoms with Crippen LogP contribution in [0.3, 0.4) is 0 Å². The molecule has 1 aromatic heterocycles. The summed E-state index contributed by atoms with van der Waals surface area (Å²) in [7, 11) is 1.66. The molecule has 1 amide bonds. The maximum atomic E-state index is 13.8. The van der Waals surface area contributed by atoms with Gasteiger partial charge in [-0.15, -0.1) is 0 Å². The molecule has 30 heavy (non-hydrogen) atoms. The molecule has 8 heteroatoms. The Morgan fingerprint density at radius 2 is 1.77 bits per heavy atom. The SMILES string of the molecule is COc1ccc(C2(C(=O)N3C[C@@H]4OCC(n5cncn5)CO[C@H]4C3)CCCC2)cc1. The summed E-state index contributed by atoms with van der Waals surface area (Å²) in [6.45, 7) is 2.17. The molecule has 1 saturated carbocycles. The summed E-state index contributed by atoms with van der Waals surface area (Å²) in [6, 6.07) is 8.01. The first-order valence-electron chi connectivity index (χ1n) is 10.7. The minimum atomic E-state index is -0.445. The zero-order chi connectivity index (χ0) is 20.6. The van der Waals surface area contributed by atoms with Crippen molar-refractivity contribution < 1.29 is 19.0 Å². The Hall–Kier alpha value is -2.45. The van der Waals surface area contributed by atoms with Gasteiger partial charge in [-0.25, -0.2) is 9.67 Å². The molecule has 5 rings (SSSR count). The number of nitrogens with zero attached hydrogens (tertiary/aromatic N) is 4. The zero-order valence-electron chi connectivity index (χ0n) is 17.3. The van der Waals surface area contributed by atoms with Crippen molar-refractivity contribution in [2.75, 3.05) is 33.4 Å². The summed E-state index contributed by atoms with van der Waals surface area (Å²) >= 11 is 0. The predicted octanol–water partition coefficient (Wildman–Crippen LogP) is 1.97. The van der Waals surface area contributed by atoms with Crippen LogP contribution in [-0.4, -0.2) is 71.2 Å². The molecule has 1 aliphatic carbocycles. The van der Waals surface area contributed by atoms with E-state index in [1.807, 2.05) is 29.2 Å². The predicted molar refractivity (Wildman–Crippen MR) is 108 cm³/mol. The van der Waals surface area contributed by atoms with Crippen molar-refractivity contribution in [3.8, 4) is 5.75 Å². The molecule has 2 aliphatic heterocycles. The number of fused-ring (bicyclic) bond motifs is 1. The number of amides is 1. The molecule has 0 N–H and O–H groups in total. The summed E-state index contributed by atoms with van der Waals surface area (Å²) in [5, 5.41) is 4.20. The van der Waals surface area contributed by atoms with E-state index in [-0.39, 0.29) is 24.2 Å². The van der Waals surface area contributed by atoms with Crippen LogP contribution in [-0.2, 0) is 19.7 Å². The first-order valence-corrected chi connectivity index (χ1v) is 10.7. The average molecular weight is 412 g/mol. The first-order chi connectivity index (χ1) is 14.7. The molecule has 3 fully saturated rings. The highest BCUT2D eigenvalue weighted by Crippen LogP contribution is 2.44. The van der Waals surface area contributed by atoms with Crippen LogP contribution in [0.15, 0.2) is 36.9 Å². The molecule has 0 unspecified atom stereocenters. The van der Waals surface area contributed by atoms with Gasteiger partial charge in [0, 0.05) is 13.1 Å². The maximum Gasteiger partial charge on any atom is 0.233 e. The minimum absolute atomic E-state index is 0.0164. The quantitative estimate of drug-likeness (QED) is 0.764. The van der Waals surface area contributed by atoms with Gasteiger partial charge < -0.3 is 19.1 Å². The monoisotopic (exact) mass is 412 g/mol. The average Bonchev–Trinajstić information content (AvgIpc) is 3.54. The van der Waals surface area contributed by atoms with Gasteiger partial charge in [0.05, 0.1) is 25.7 Å². The molecule has 0 bridgehead atoms. The second-order valence-corrected chi connectivity index (χ2v) is 8.50. The van der Waals surface area contributed by atoms with Gasteiger partial charge in [0.25, 0.3) is 0 Å². The zero-order valence-corrected chi connectivity index (χ0v) is 17.3. The van der Waals surface area contributed by atoms with Crippen molar-refractivity contribution in [2.24, 2.45) is 0 Å². The van der Waals surface area contributed by atoms with E-state index in [4.69, 9.17) is 14.2 Å². The van der Waals surface area contributed by atoms with Crippen molar-refractivity contribution in [3.63, 3.8) is 0 Å². The topological polar surface area (TPSA) is 78.7 Å². The Balaban J connectivity index is 1.30. The van der Waals surface area contributed by atoms with Gasteiger partial charge in [-0.2, -0.15) is 5.10 Å². The van der Waals surface area contributed by atoms with Crippen molar-refractivity contribution in [1.82, 2.24) is 19.7 Å². The highest BCUT2D eigenvalue weighted by Gasteiger charge is 2.49. The van der Waals surface area contributed by atoms with E-state index < -0.39 is 5.41 Å². The summed E-state index contributed by atoms with van der Waals surface area (Å²) < 4.78 is 19.4. The normalized spacial score (nSPS) is 26.4. The van der Waals surface area contributed by atoms with Crippen LogP contribution in [0.5, 0.6) is 5.75 Å². The van der Waals surface area contributed by atoms with Crippen molar-refractivity contribution >= 4 is 5.91 Å². The Labute approximate surface area is 176 Å². The molecular formula is C22H28N4O4. The fourth-order valence-electron chi connectivity index (χ4n) is 5.12. The van der Waals surface area contributed by atoms with Gasteiger partial charge in [-0.1, -0.05) is 25.0 Å². The van der Waals surface area contributed by atoms with Crippen LogP contribution in [0, 0.1) is 0 Å². The number of methoxy groups -OCH3 is 1. The maximum absolute atomic E-state index is 13.8. The molecule has 2 saturated heterocycles. The number of hydrogen-bond acceptors (Lipinski definition) is 6. The molecule has 0 spiro atoms. The third-order valence-corrected chi connectivity index (χ3v) is 6.83. The van der Waals surface area contributed by atoms with E-state index >= 15 is 0 Å². The number of rotatable bonds is 4. The Morgan fingerprint density at radius 3 is 2.33 bits per heavy atom. The molecule has 160 valence electrons. The van der Waals surface area contributed by atoms with E-state index in [0.717, 1.165) is 37.0 Å². The largest absolute Gasteiger partial charge is 0.497 e. The second kappa shape index (κ2) is 8.00. The Morgan fingerprint density at radius 1 is 1.10 bits per heavy atom. The summed E-state index contributed by atoms with van der Waals surface area (Å²) in [4.78, 5) is 19.7. The summed E-state index contributed by atoms with van der Waals surface area (Å²) in [5.74, 6) is 1.02. The highest BCUT2D eigenvalue weighted by molar-refractivity contribution is 5.89. The molecule has 2 aromatic rings. The lowest BCUT2D eigenvalue weighted by Crippen LogP contribution is -2.45. The molecule has 2 atom stereocenters. The number of carbonyl (C=O) groups is 1. The van der Waals surface area contributed by atoms with E-state index in [1.54, 1.807) is 18.1 Å². The van der Waals surface area contributed by atoms with Crippen molar-refractivity contribution in [2.45, 2.75) is 49.3 Å². The van der Waals surface area contributed by atoms with Gasteiger partial charge in [-0.3, -0.25) is 4.79 Å². The number of carbonyl (C=O) groups excluding carboxylic acids is 1. The number of aromatic nitrogens is 3. The van der Waals surface area contributed by atoms with E-state index in [2.05, 4.69) is 10.1 Å². The standard InChI is InChI=1S/C22H28N4O4/c1-28-18-6-4-16(5-7-18)22(8-2-3-9-22)21(27)25-10-19-20(11-25)30-13-17(12-29-19)26-15-23-14-24-26/h4-7,14-15,17,19-20H,2-3,8-13H2,1H3/t19-,20-/m0/s1.